The number of nitrogens with zero attached hydrogens (tertiary/aromatic N) is 1. The molecule has 0 spiro atoms. The molecule has 1 aliphatic heterocycles. The van der Waals surface area contributed by atoms with E-state index in [2.05, 4.69) is 43.2 Å². The van der Waals surface area contributed by atoms with E-state index >= 15 is 0 Å². The summed E-state index contributed by atoms with van der Waals surface area (Å²) in [4.78, 5) is 2.51. The molecule has 0 radical (unpaired) electrons. The molecule has 4 nitrogen and oxygen atoms in total. The number of hydrogen-bond donors (Lipinski definition) is 2. The van der Waals surface area contributed by atoms with Gasteiger partial charge in [0.05, 0.1) is 12.7 Å². The minimum absolute atomic E-state index is 0.346. The summed E-state index contributed by atoms with van der Waals surface area (Å²) in [5.74, 6) is 0. The van der Waals surface area contributed by atoms with E-state index < -0.39 is 0 Å². The average molecular weight is 271 g/mol. The molecular weight excluding hydrogens is 238 g/mol. The number of hydrogen-bond acceptors (Lipinski definition) is 4. The third kappa shape index (κ3) is 8.58. The predicted octanol–water partition coefficient (Wildman–Crippen LogP) is 1.32. The lowest BCUT2D eigenvalue weighted by Gasteiger charge is -2.33. The van der Waals surface area contributed by atoms with Crippen molar-refractivity contribution in [3.05, 3.63) is 0 Å². The first-order valence-electron chi connectivity index (χ1n) is 7.76. The van der Waals surface area contributed by atoms with Crippen molar-refractivity contribution in [1.29, 1.82) is 0 Å². The summed E-state index contributed by atoms with van der Waals surface area (Å²) < 4.78 is 5.83. The molecular formula is C15H33N3O. The molecule has 4 heteroatoms. The van der Waals surface area contributed by atoms with Crippen LogP contribution in [-0.4, -0.2) is 63.4 Å². The molecule has 0 aliphatic carbocycles. The highest BCUT2D eigenvalue weighted by Crippen LogP contribution is 2.11. The topological polar surface area (TPSA) is 36.5 Å². The molecule has 1 atom stereocenters. The van der Waals surface area contributed by atoms with Gasteiger partial charge in [0.2, 0.25) is 0 Å². The first kappa shape index (κ1) is 16.9. The van der Waals surface area contributed by atoms with Gasteiger partial charge in [0.25, 0.3) is 0 Å². The molecule has 0 aromatic rings. The van der Waals surface area contributed by atoms with Gasteiger partial charge in [0.1, 0.15) is 0 Å². The lowest BCUT2D eigenvalue weighted by atomic mass is 9.97. The van der Waals surface area contributed by atoms with Crippen LogP contribution in [0.4, 0.5) is 0 Å². The summed E-state index contributed by atoms with van der Waals surface area (Å²) in [6.07, 6.45) is 1.56. The number of rotatable bonds is 8. The van der Waals surface area contributed by atoms with Gasteiger partial charge in [-0.05, 0) is 18.4 Å². The van der Waals surface area contributed by atoms with E-state index in [1.807, 2.05) is 0 Å². The van der Waals surface area contributed by atoms with Crippen molar-refractivity contribution in [1.82, 2.24) is 15.5 Å². The van der Waals surface area contributed by atoms with E-state index in [-0.39, 0.29) is 0 Å². The fourth-order valence-corrected chi connectivity index (χ4v) is 2.25. The maximum Gasteiger partial charge on any atom is 0.0826 e. The molecule has 1 aliphatic rings. The molecule has 0 bridgehead atoms. The van der Waals surface area contributed by atoms with Crippen LogP contribution in [0.15, 0.2) is 0 Å². The summed E-state index contributed by atoms with van der Waals surface area (Å²) in [5.41, 5.74) is 0.346. The van der Waals surface area contributed by atoms with Gasteiger partial charge in [0, 0.05) is 39.3 Å². The van der Waals surface area contributed by atoms with Gasteiger partial charge in [-0.1, -0.05) is 27.7 Å². The molecule has 0 saturated carbocycles. The molecule has 1 rings (SSSR count). The second kappa shape index (κ2) is 8.90. The van der Waals surface area contributed by atoms with Crippen LogP contribution in [0.1, 0.15) is 34.1 Å². The quantitative estimate of drug-likeness (QED) is 0.653. The highest BCUT2D eigenvalue weighted by molar-refractivity contribution is 4.75. The van der Waals surface area contributed by atoms with Crippen LogP contribution in [-0.2, 0) is 4.74 Å². The fraction of sp³-hybridized carbons (Fsp3) is 1.00. The number of ether oxygens (including phenoxy) is 1. The Morgan fingerprint density at radius 3 is 2.68 bits per heavy atom. The summed E-state index contributed by atoms with van der Waals surface area (Å²) in [6.45, 7) is 17.4. The Morgan fingerprint density at radius 2 is 2.00 bits per heavy atom. The standard InChI is InChI=1S/C15H33N3O/c1-5-6-16-7-8-18-9-10-19-14(12-18)11-17-13-15(2,3)4/h14,16-17H,5-13H2,1-4H3/t14-/m1/s1. The summed E-state index contributed by atoms with van der Waals surface area (Å²) in [7, 11) is 0. The summed E-state index contributed by atoms with van der Waals surface area (Å²) in [5, 5.41) is 6.99. The van der Waals surface area contributed by atoms with Crippen molar-refractivity contribution in [3.63, 3.8) is 0 Å². The Bertz CT molecular complexity index is 228. The highest BCUT2D eigenvalue weighted by atomic mass is 16.5. The van der Waals surface area contributed by atoms with Crippen molar-refractivity contribution in [2.75, 3.05) is 52.4 Å². The third-order valence-corrected chi connectivity index (χ3v) is 3.28. The van der Waals surface area contributed by atoms with Gasteiger partial charge in [0.15, 0.2) is 0 Å². The maximum atomic E-state index is 5.83. The third-order valence-electron chi connectivity index (χ3n) is 3.28. The average Bonchev–Trinajstić information content (AvgIpc) is 2.34. The SMILES string of the molecule is CCCNCCN1CCO[C@H](CNCC(C)(C)C)C1. The number of morpholine rings is 1. The molecule has 1 fully saturated rings. The first-order chi connectivity index (χ1) is 9.01. The van der Waals surface area contributed by atoms with Crippen molar-refractivity contribution >= 4 is 0 Å². The van der Waals surface area contributed by atoms with E-state index in [1.165, 1.54) is 6.42 Å². The van der Waals surface area contributed by atoms with Crippen LogP contribution in [0.2, 0.25) is 0 Å². The largest absolute Gasteiger partial charge is 0.374 e. The molecule has 114 valence electrons. The van der Waals surface area contributed by atoms with Crippen LogP contribution in [0.5, 0.6) is 0 Å². The maximum absolute atomic E-state index is 5.83. The molecule has 0 aromatic heterocycles. The predicted molar refractivity (Wildman–Crippen MR) is 81.7 cm³/mol. The van der Waals surface area contributed by atoms with Gasteiger partial charge in [-0.2, -0.15) is 0 Å². The van der Waals surface area contributed by atoms with Gasteiger partial charge < -0.3 is 15.4 Å². The van der Waals surface area contributed by atoms with Gasteiger partial charge in [-0.15, -0.1) is 0 Å². The zero-order valence-corrected chi connectivity index (χ0v) is 13.3. The van der Waals surface area contributed by atoms with Gasteiger partial charge in [-0.3, -0.25) is 4.90 Å². The van der Waals surface area contributed by atoms with Crippen molar-refractivity contribution in [2.24, 2.45) is 5.41 Å². The number of nitrogens with one attached hydrogen (secondary N) is 2. The fourth-order valence-electron chi connectivity index (χ4n) is 2.25. The highest BCUT2D eigenvalue weighted by Gasteiger charge is 2.20. The van der Waals surface area contributed by atoms with Gasteiger partial charge >= 0.3 is 0 Å². The van der Waals surface area contributed by atoms with E-state index in [9.17, 15) is 0 Å². The summed E-state index contributed by atoms with van der Waals surface area (Å²) >= 11 is 0. The lowest BCUT2D eigenvalue weighted by Crippen LogP contribution is -2.49. The van der Waals surface area contributed by atoms with Crippen molar-refractivity contribution in [3.8, 4) is 0 Å². The molecule has 1 saturated heterocycles. The normalized spacial score (nSPS) is 21.8. The zero-order chi connectivity index (χ0) is 14.1. The van der Waals surface area contributed by atoms with Crippen LogP contribution in [0.25, 0.3) is 0 Å². The van der Waals surface area contributed by atoms with Gasteiger partial charge in [-0.25, -0.2) is 0 Å². The summed E-state index contributed by atoms with van der Waals surface area (Å²) in [6, 6.07) is 0. The van der Waals surface area contributed by atoms with E-state index in [1.54, 1.807) is 0 Å². The second-order valence-corrected chi connectivity index (χ2v) is 6.73. The Balaban J connectivity index is 2.12. The van der Waals surface area contributed by atoms with Crippen LogP contribution >= 0.6 is 0 Å². The monoisotopic (exact) mass is 271 g/mol. The minimum atomic E-state index is 0.346. The van der Waals surface area contributed by atoms with Crippen molar-refractivity contribution < 1.29 is 4.74 Å². The molecule has 1 heterocycles. The van der Waals surface area contributed by atoms with Crippen LogP contribution in [0, 0.1) is 5.41 Å². The Hall–Kier alpha value is -0.160. The molecule has 2 N–H and O–H groups in total. The van der Waals surface area contributed by atoms with Crippen LogP contribution in [0.3, 0.4) is 0 Å². The lowest BCUT2D eigenvalue weighted by molar-refractivity contribution is -0.0271. The Labute approximate surface area is 119 Å². The molecule has 0 aromatic carbocycles. The first-order valence-corrected chi connectivity index (χ1v) is 7.76. The van der Waals surface area contributed by atoms with Crippen LogP contribution < -0.4 is 10.6 Å². The van der Waals surface area contributed by atoms with Crippen molar-refractivity contribution in [2.45, 2.75) is 40.2 Å². The molecule has 19 heavy (non-hydrogen) atoms. The Kier molecular flexibility index (Phi) is 7.91. The van der Waals surface area contributed by atoms with E-state index in [4.69, 9.17) is 4.74 Å². The molecule has 0 unspecified atom stereocenters. The zero-order valence-electron chi connectivity index (χ0n) is 13.3. The second-order valence-electron chi connectivity index (χ2n) is 6.73. The molecule has 0 amide bonds. The van der Waals surface area contributed by atoms with E-state index in [0.717, 1.165) is 52.4 Å². The Morgan fingerprint density at radius 1 is 1.21 bits per heavy atom. The smallest absolute Gasteiger partial charge is 0.0826 e. The van der Waals surface area contributed by atoms with E-state index in [0.29, 0.717) is 11.5 Å². The minimum Gasteiger partial charge on any atom is -0.374 e.